The number of halogens is 2. The summed E-state index contributed by atoms with van der Waals surface area (Å²) in [5.74, 6) is 0.133. The van der Waals surface area contributed by atoms with Crippen molar-refractivity contribution in [2.24, 2.45) is 5.92 Å². The third-order valence-corrected chi connectivity index (χ3v) is 5.27. The molecule has 2 aromatic carbocycles. The second kappa shape index (κ2) is 8.15. The molecule has 1 aliphatic rings. The zero-order chi connectivity index (χ0) is 16.9. The zero-order valence-corrected chi connectivity index (χ0v) is 15.7. The van der Waals surface area contributed by atoms with E-state index in [-0.39, 0.29) is 11.8 Å². The van der Waals surface area contributed by atoms with E-state index in [4.69, 9.17) is 11.6 Å². The Hall–Kier alpha value is -1.36. The summed E-state index contributed by atoms with van der Waals surface area (Å²) in [5.41, 5.74) is 2.00. The van der Waals surface area contributed by atoms with E-state index >= 15 is 0 Å². The van der Waals surface area contributed by atoms with Gasteiger partial charge in [0.25, 0.3) is 0 Å². The van der Waals surface area contributed by atoms with Crippen LogP contribution in [0.25, 0.3) is 0 Å². The van der Waals surface area contributed by atoms with Crippen LogP contribution in [0, 0.1) is 5.92 Å². The number of amides is 1. The van der Waals surface area contributed by atoms with Gasteiger partial charge in [0.1, 0.15) is 0 Å². The van der Waals surface area contributed by atoms with E-state index in [9.17, 15) is 4.79 Å². The number of carbonyl (C=O) groups excluding carboxylic acids is 1. The molecule has 0 atom stereocenters. The van der Waals surface area contributed by atoms with Crippen LogP contribution in [0.5, 0.6) is 0 Å². The minimum absolute atomic E-state index is 0.0578. The molecule has 3 nitrogen and oxygen atoms in total. The summed E-state index contributed by atoms with van der Waals surface area (Å²) in [6.45, 7) is 2.82. The maximum atomic E-state index is 12.4. The monoisotopic (exact) mass is 406 g/mol. The van der Waals surface area contributed by atoms with Crippen molar-refractivity contribution in [3.05, 3.63) is 63.6 Å². The van der Waals surface area contributed by atoms with Crippen LogP contribution in [0.1, 0.15) is 18.4 Å². The first-order chi connectivity index (χ1) is 11.6. The lowest BCUT2D eigenvalue weighted by molar-refractivity contribution is -0.121. The summed E-state index contributed by atoms with van der Waals surface area (Å²) in [6, 6.07) is 15.8. The van der Waals surface area contributed by atoms with Crippen molar-refractivity contribution >= 4 is 39.1 Å². The fraction of sp³-hybridized carbons (Fsp3) is 0.316. The molecule has 0 bridgehead atoms. The minimum atomic E-state index is 0.0578. The van der Waals surface area contributed by atoms with Gasteiger partial charge in [0.05, 0.1) is 10.7 Å². The number of para-hydroxylation sites is 1. The van der Waals surface area contributed by atoms with Gasteiger partial charge in [-0.3, -0.25) is 9.69 Å². The van der Waals surface area contributed by atoms with E-state index in [1.54, 1.807) is 6.07 Å². The summed E-state index contributed by atoms with van der Waals surface area (Å²) in [5, 5.41) is 3.54. The van der Waals surface area contributed by atoms with Crippen LogP contribution in [0.2, 0.25) is 5.02 Å². The number of carbonyl (C=O) groups is 1. The number of likely N-dealkylation sites (tertiary alicyclic amines) is 1. The molecule has 1 amide bonds. The molecule has 1 heterocycles. The van der Waals surface area contributed by atoms with Crippen molar-refractivity contribution < 1.29 is 4.79 Å². The van der Waals surface area contributed by atoms with Gasteiger partial charge in [-0.25, -0.2) is 0 Å². The Bertz CT molecular complexity index is 697. The maximum Gasteiger partial charge on any atom is 0.227 e. The average Bonchev–Trinajstić information content (AvgIpc) is 2.59. The van der Waals surface area contributed by atoms with Gasteiger partial charge in [-0.1, -0.05) is 51.8 Å². The molecule has 3 rings (SSSR count). The number of rotatable bonds is 4. The Balaban J connectivity index is 1.50. The number of hydrogen-bond acceptors (Lipinski definition) is 2. The number of piperidine rings is 1. The molecule has 0 unspecified atom stereocenters. The standard InChI is InChI=1S/C19H20BrClN2O/c20-16-7-5-14(6-8-16)13-23-11-9-15(10-12-23)19(24)22-18-4-2-1-3-17(18)21/h1-8,15H,9-13H2,(H,22,24). The Morgan fingerprint density at radius 1 is 1.12 bits per heavy atom. The summed E-state index contributed by atoms with van der Waals surface area (Å²) in [7, 11) is 0. The van der Waals surface area contributed by atoms with E-state index in [1.165, 1.54) is 5.56 Å². The molecule has 0 radical (unpaired) electrons. The largest absolute Gasteiger partial charge is 0.325 e. The molecule has 0 saturated carbocycles. The highest BCUT2D eigenvalue weighted by Gasteiger charge is 2.25. The highest BCUT2D eigenvalue weighted by Crippen LogP contribution is 2.24. The van der Waals surface area contributed by atoms with Crippen LogP contribution in [0.4, 0.5) is 5.69 Å². The lowest BCUT2D eigenvalue weighted by atomic mass is 9.95. The normalized spacial score (nSPS) is 16.1. The van der Waals surface area contributed by atoms with E-state index in [2.05, 4.69) is 50.4 Å². The molecule has 24 heavy (non-hydrogen) atoms. The van der Waals surface area contributed by atoms with Crippen molar-refractivity contribution in [1.82, 2.24) is 4.90 Å². The Morgan fingerprint density at radius 2 is 1.79 bits per heavy atom. The van der Waals surface area contributed by atoms with Crippen molar-refractivity contribution in [3.63, 3.8) is 0 Å². The molecular weight excluding hydrogens is 388 g/mol. The summed E-state index contributed by atoms with van der Waals surface area (Å²) < 4.78 is 1.10. The topological polar surface area (TPSA) is 32.3 Å². The van der Waals surface area contributed by atoms with Gasteiger partial charge in [0.15, 0.2) is 0 Å². The molecule has 0 aliphatic carbocycles. The van der Waals surface area contributed by atoms with Crippen LogP contribution >= 0.6 is 27.5 Å². The second-order valence-corrected chi connectivity index (χ2v) is 7.47. The molecule has 0 spiro atoms. The molecule has 5 heteroatoms. The van der Waals surface area contributed by atoms with Gasteiger partial charge in [0, 0.05) is 16.9 Å². The SMILES string of the molecule is O=C(Nc1ccccc1Cl)C1CCN(Cc2ccc(Br)cc2)CC1. The summed E-state index contributed by atoms with van der Waals surface area (Å²) >= 11 is 9.56. The van der Waals surface area contributed by atoms with Gasteiger partial charge in [-0.2, -0.15) is 0 Å². The molecule has 1 saturated heterocycles. The first-order valence-corrected chi connectivity index (χ1v) is 9.31. The Kier molecular flexibility index (Phi) is 5.93. The molecule has 0 aromatic heterocycles. The van der Waals surface area contributed by atoms with Crippen LogP contribution < -0.4 is 5.32 Å². The molecule has 126 valence electrons. The lowest BCUT2D eigenvalue weighted by Gasteiger charge is -2.31. The van der Waals surface area contributed by atoms with E-state index in [0.29, 0.717) is 10.7 Å². The summed E-state index contributed by atoms with van der Waals surface area (Å²) in [6.07, 6.45) is 1.76. The number of benzene rings is 2. The van der Waals surface area contributed by atoms with Crippen LogP contribution in [-0.4, -0.2) is 23.9 Å². The van der Waals surface area contributed by atoms with Crippen LogP contribution in [0.3, 0.4) is 0 Å². The molecule has 1 aliphatic heterocycles. The fourth-order valence-electron chi connectivity index (χ4n) is 3.00. The van der Waals surface area contributed by atoms with Crippen molar-refractivity contribution in [2.75, 3.05) is 18.4 Å². The van der Waals surface area contributed by atoms with Crippen molar-refractivity contribution in [3.8, 4) is 0 Å². The molecule has 2 aromatic rings. The predicted octanol–water partition coefficient (Wildman–Crippen LogP) is 4.95. The van der Waals surface area contributed by atoms with Crippen molar-refractivity contribution in [1.29, 1.82) is 0 Å². The van der Waals surface area contributed by atoms with Crippen molar-refractivity contribution in [2.45, 2.75) is 19.4 Å². The molecular formula is C19H20BrClN2O. The number of nitrogens with zero attached hydrogens (tertiary/aromatic N) is 1. The Morgan fingerprint density at radius 3 is 2.46 bits per heavy atom. The third kappa shape index (κ3) is 4.59. The zero-order valence-electron chi connectivity index (χ0n) is 13.3. The average molecular weight is 408 g/mol. The van der Waals surface area contributed by atoms with E-state index in [1.807, 2.05) is 18.2 Å². The van der Waals surface area contributed by atoms with E-state index in [0.717, 1.165) is 36.9 Å². The van der Waals surface area contributed by atoms with E-state index < -0.39 is 0 Å². The summed E-state index contributed by atoms with van der Waals surface area (Å²) in [4.78, 5) is 14.8. The highest BCUT2D eigenvalue weighted by atomic mass is 79.9. The van der Waals surface area contributed by atoms with Gasteiger partial charge < -0.3 is 5.32 Å². The molecule has 1 N–H and O–H groups in total. The number of anilines is 1. The predicted molar refractivity (Wildman–Crippen MR) is 102 cm³/mol. The smallest absolute Gasteiger partial charge is 0.227 e. The molecule has 1 fully saturated rings. The minimum Gasteiger partial charge on any atom is -0.325 e. The number of nitrogens with one attached hydrogen (secondary N) is 1. The first kappa shape index (κ1) is 17.5. The maximum absolute atomic E-state index is 12.4. The Labute approximate surface area is 156 Å². The number of hydrogen-bond donors (Lipinski definition) is 1. The van der Waals surface area contributed by atoms with Gasteiger partial charge >= 0.3 is 0 Å². The fourth-order valence-corrected chi connectivity index (χ4v) is 3.45. The van der Waals surface area contributed by atoms with Gasteiger partial charge in [0.2, 0.25) is 5.91 Å². The first-order valence-electron chi connectivity index (χ1n) is 8.14. The second-order valence-electron chi connectivity index (χ2n) is 6.15. The highest BCUT2D eigenvalue weighted by molar-refractivity contribution is 9.10. The van der Waals surface area contributed by atoms with Gasteiger partial charge in [-0.05, 0) is 55.8 Å². The van der Waals surface area contributed by atoms with Crippen LogP contribution in [0.15, 0.2) is 53.0 Å². The quantitative estimate of drug-likeness (QED) is 0.777. The van der Waals surface area contributed by atoms with Crippen LogP contribution in [-0.2, 0) is 11.3 Å². The van der Waals surface area contributed by atoms with Gasteiger partial charge in [-0.15, -0.1) is 0 Å². The third-order valence-electron chi connectivity index (χ3n) is 4.41. The lowest BCUT2D eigenvalue weighted by Crippen LogP contribution is -2.37.